The van der Waals surface area contributed by atoms with Crippen LogP contribution in [0.5, 0.6) is 0 Å². The first-order valence-corrected chi connectivity index (χ1v) is 6.11. The SMILES string of the molecule is CC(C)(C)OC(=O)N(CC(O)CCCC(=O)O)N=[N+]=[N-]. The van der Waals surface area contributed by atoms with Gasteiger partial charge in [-0.3, -0.25) is 4.79 Å². The molecule has 1 amide bonds. The molecular weight excluding hydrogens is 268 g/mol. The van der Waals surface area contributed by atoms with E-state index < -0.39 is 23.8 Å². The molecule has 0 aliphatic carbocycles. The minimum Gasteiger partial charge on any atom is -0.481 e. The number of carboxylic acids is 1. The van der Waals surface area contributed by atoms with E-state index in [0.29, 0.717) is 5.01 Å². The van der Waals surface area contributed by atoms with Crippen molar-refractivity contribution in [3.05, 3.63) is 10.4 Å². The third kappa shape index (κ3) is 9.01. The van der Waals surface area contributed by atoms with E-state index in [4.69, 9.17) is 15.4 Å². The number of aliphatic carboxylic acids is 1. The van der Waals surface area contributed by atoms with Crippen LogP contribution >= 0.6 is 0 Å². The van der Waals surface area contributed by atoms with Crippen molar-refractivity contribution in [3.63, 3.8) is 0 Å². The first-order valence-electron chi connectivity index (χ1n) is 6.11. The van der Waals surface area contributed by atoms with E-state index in [0.717, 1.165) is 0 Å². The molecule has 9 heteroatoms. The smallest absolute Gasteiger partial charge is 0.481 e. The first kappa shape index (κ1) is 18.0. The van der Waals surface area contributed by atoms with Gasteiger partial charge in [-0.1, -0.05) is 0 Å². The highest BCUT2D eigenvalue weighted by Gasteiger charge is 2.27. The van der Waals surface area contributed by atoms with E-state index >= 15 is 0 Å². The molecule has 1 unspecified atom stereocenters. The van der Waals surface area contributed by atoms with Gasteiger partial charge >= 0.3 is 12.1 Å². The van der Waals surface area contributed by atoms with Crippen molar-refractivity contribution in [1.82, 2.24) is 5.01 Å². The summed E-state index contributed by atoms with van der Waals surface area (Å²) in [5.74, 6) is -0.962. The summed E-state index contributed by atoms with van der Waals surface area (Å²) < 4.78 is 5.01. The Labute approximate surface area is 116 Å². The number of nitrogens with zero attached hydrogens (tertiary/aromatic N) is 4. The number of hydrogen-bond donors (Lipinski definition) is 2. The van der Waals surface area contributed by atoms with Gasteiger partial charge in [-0.25, -0.2) is 0 Å². The molecule has 0 aromatic carbocycles. The number of aliphatic hydroxyl groups is 1. The Morgan fingerprint density at radius 2 is 2.05 bits per heavy atom. The molecule has 0 saturated carbocycles. The molecule has 0 radical (unpaired) electrons. The van der Waals surface area contributed by atoms with E-state index in [1.165, 1.54) is 0 Å². The zero-order valence-electron chi connectivity index (χ0n) is 11.8. The molecule has 0 spiro atoms. The van der Waals surface area contributed by atoms with Gasteiger partial charge in [-0.2, -0.15) is 9.71 Å². The van der Waals surface area contributed by atoms with E-state index in [1.54, 1.807) is 20.8 Å². The molecule has 0 heterocycles. The van der Waals surface area contributed by atoms with Gasteiger partial charge in [0.15, 0.2) is 0 Å². The summed E-state index contributed by atoms with van der Waals surface area (Å²) in [6.45, 7) is 4.71. The van der Waals surface area contributed by atoms with Crippen molar-refractivity contribution < 1.29 is 24.5 Å². The highest BCUT2D eigenvalue weighted by molar-refractivity contribution is 5.67. The average molecular weight is 288 g/mol. The van der Waals surface area contributed by atoms with Crippen molar-refractivity contribution in [1.29, 1.82) is 0 Å². The molecule has 0 aromatic heterocycles. The fourth-order valence-corrected chi connectivity index (χ4v) is 1.29. The van der Waals surface area contributed by atoms with Crippen molar-refractivity contribution in [3.8, 4) is 0 Å². The molecule has 0 fully saturated rings. The second kappa shape index (κ2) is 8.23. The maximum absolute atomic E-state index is 11.7. The number of rotatable bonds is 7. The number of hydrogen-bond acceptors (Lipinski definition) is 5. The third-order valence-electron chi connectivity index (χ3n) is 2.06. The van der Waals surface area contributed by atoms with Gasteiger partial charge in [0, 0.05) is 6.42 Å². The number of carbonyl (C=O) groups excluding carboxylic acids is 1. The minimum absolute atomic E-state index is 0.0784. The average Bonchev–Trinajstić information content (AvgIpc) is 2.25. The summed E-state index contributed by atoms with van der Waals surface area (Å²) in [7, 11) is 0. The van der Waals surface area contributed by atoms with E-state index in [1.807, 2.05) is 0 Å². The third-order valence-corrected chi connectivity index (χ3v) is 2.06. The molecule has 9 nitrogen and oxygen atoms in total. The molecule has 0 rings (SSSR count). The van der Waals surface area contributed by atoms with Crippen LogP contribution in [0.3, 0.4) is 0 Å². The van der Waals surface area contributed by atoms with Crippen molar-refractivity contribution in [2.24, 2.45) is 5.22 Å². The number of carbonyl (C=O) groups is 2. The summed E-state index contributed by atoms with van der Waals surface area (Å²) >= 11 is 0. The Balaban J connectivity index is 4.42. The summed E-state index contributed by atoms with van der Waals surface area (Å²) in [6.07, 6.45) is -1.51. The summed E-state index contributed by atoms with van der Waals surface area (Å²) in [5, 5.41) is 22.0. The summed E-state index contributed by atoms with van der Waals surface area (Å²) in [4.78, 5) is 24.5. The summed E-state index contributed by atoms with van der Waals surface area (Å²) in [5.41, 5.74) is 7.64. The van der Waals surface area contributed by atoms with Gasteiger partial charge in [0.25, 0.3) is 0 Å². The maximum atomic E-state index is 11.7. The molecule has 0 saturated heterocycles. The monoisotopic (exact) mass is 288 g/mol. The van der Waals surface area contributed by atoms with Crippen LogP contribution in [0.15, 0.2) is 5.22 Å². The van der Waals surface area contributed by atoms with Gasteiger partial charge in [0.05, 0.1) is 6.10 Å². The fourth-order valence-electron chi connectivity index (χ4n) is 1.29. The number of azide groups is 1. The van der Waals surface area contributed by atoms with Crippen LogP contribution in [0.1, 0.15) is 40.0 Å². The molecule has 20 heavy (non-hydrogen) atoms. The van der Waals surface area contributed by atoms with E-state index in [9.17, 15) is 14.7 Å². The lowest BCUT2D eigenvalue weighted by molar-refractivity contribution is -0.137. The Kier molecular flexibility index (Phi) is 7.42. The Morgan fingerprint density at radius 1 is 1.45 bits per heavy atom. The lowest BCUT2D eigenvalue weighted by Gasteiger charge is -2.22. The van der Waals surface area contributed by atoms with Crippen LogP contribution in [-0.2, 0) is 9.53 Å². The van der Waals surface area contributed by atoms with Crippen LogP contribution in [0.4, 0.5) is 4.79 Å². The molecule has 0 bridgehead atoms. The fraction of sp³-hybridized carbons (Fsp3) is 0.818. The van der Waals surface area contributed by atoms with E-state index in [2.05, 4.69) is 10.1 Å². The zero-order chi connectivity index (χ0) is 15.8. The molecule has 0 aromatic rings. The lowest BCUT2D eigenvalue weighted by atomic mass is 10.1. The number of ether oxygens (including phenoxy) is 1. The normalized spacial score (nSPS) is 12.2. The number of amides is 1. The molecule has 114 valence electrons. The topological polar surface area (TPSA) is 136 Å². The van der Waals surface area contributed by atoms with Gasteiger partial charge < -0.3 is 14.9 Å². The molecular formula is C11H20N4O5. The van der Waals surface area contributed by atoms with Crippen molar-refractivity contribution >= 4 is 12.1 Å². The van der Waals surface area contributed by atoms with Crippen LogP contribution < -0.4 is 0 Å². The molecule has 1 atom stereocenters. The standard InChI is InChI=1S/C11H20N4O5/c1-11(2,3)20-10(19)15(14-13-12)7-8(16)5-4-6-9(17)18/h8,16H,4-7H2,1-3H3,(H,17,18). The predicted octanol–water partition coefficient (Wildman–Crippen LogP) is 2.06. The second-order valence-electron chi connectivity index (χ2n) is 5.18. The van der Waals surface area contributed by atoms with Crippen LogP contribution in [0.2, 0.25) is 0 Å². The Morgan fingerprint density at radius 3 is 2.50 bits per heavy atom. The van der Waals surface area contributed by atoms with Crippen LogP contribution in [-0.4, -0.2) is 45.5 Å². The summed E-state index contributed by atoms with van der Waals surface area (Å²) in [6, 6.07) is 0. The van der Waals surface area contributed by atoms with Gasteiger partial charge in [0.1, 0.15) is 12.1 Å². The minimum atomic E-state index is -0.993. The quantitative estimate of drug-likeness (QED) is 0.320. The van der Waals surface area contributed by atoms with Crippen LogP contribution in [0.25, 0.3) is 10.4 Å². The maximum Gasteiger partial charge on any atom is 0.510 e. The Bertz CT molecular complexity index is 387. The molecule has 2 N–H and O–H groups in total. The Hall–Kier alpha value is -1.99. The number of aliphatic hydroxyl groups excluding tert-OH is 1. The van der Waals surface area contributed by atoms with Gasteiger partial charge in [-0.05, 0) is 38.8 Å². The van der Waals surface area contributed by atoms with Crippen molar-refractivity contribution in [2.45, 2.75) is 51.7 Å². The highest BCUT2D eigenvalue weighted by Crippen LogP contribution is 2.12. The predicted molar refractivity (Wildman–Crippen MR) is 69.6 cm³/mol. The van der Waals surface area contributed by atoms with Gasteiger partial charge in [0.2, 0.25) is 0 Å². The molecule has 0 aliphatic rings. The van der Waals surface area contributed by atoms with E-state index in [-0.39, 0.29) is 25.8 Å². The number of carboxylic acid groups (broad SMARTS) is 1. The first-order chi connectivity index (χ1) is 9.15. The molecule has 0 aliphatic heterocycles. The zero-order valence-corrected chi connectivity index (χ0v) is 11.8. The lowest BCUT2D eigenvalue weighted by Crippen LogP contribution is -2.37. The highest BCUT2D eigenvalue weighted by atomic mass is 16.6. The van der Waals surface area contributed by atoms with Gasteiger partial charge in [-0.15, -0.1) is 10.5 Å². The van der Waals surface area contributed by atoms with Crippen molar-refractivity contribution in [2.75, 3.05) is 6.54 Å². The second-order valence-corrected chi connectivity index (χ2v) is 5.18. The van der Waals surface area contributed by atoms with Crippen LogP contribution in [0, 0.1) is 0 Å². The largest absolute Gasteiger partial charge is 0.510 e.